The van der Waals surface area contributed by atoms with Crippen LogP contribution in [0.3, 0.4) is 0 Å². The fourth-order valence-electron chi connectivity index (χ4n) is 2.12. The van der Waals surface area contributed by atoms with E-state index in [0.717, 1.165) is 0 Å². The number of ether oxygens (including phenoxy) is 1. The third kappa shape index (κ3) is 2.91. The Balaban J connectivity index is 2.13. The third-order valence-electron chi connectivity index (χ3n) is 3.09. The summed E-state index contributed by atoms with van der Waals surface area (Å²) >= 11 is 0. The van der Waals surface area contributed by atoms with E-state index in [0.29, 0.717) is 0 Å². The van der Waals surface area contributed by atoms with Gasteiger partial charge in [0.15, 0.2) is 0 Å². The molecule has 1 aromatic heterocycles. The molecule has 0 amide bonds. The van der Waals surface area contributed by atoms with Crippen LogP contribution in [-0.4, -0.2) is 38.1 Å². The minimum atomic E-state index is -0.983. The molecular weight excluding hydrogens is 264 g/mol. The molecule has 4 atom stereocenters. The summed E-state index contributed by atoms with van der Waals surface area (Å²) in [5.74, 6) is 2.62. The summed E-state index contributed by atoms with van der Waals surface area (Å²) in [6.45, 7) is 0. The zero-order chi connectivity index (χ0) is 14.7. The number of hydrogen-bond acceptors (Lipinski definition) is 7. The zero-order valence-corrected chi connectivity index (χ0v) is 10.6. The Morgan fingerprint density at radius 1 is 1.65 bits per heavy atom. The molecule has 0 aliphatic carbocycles. The first kappa shape index (κ1) is 14.3. The predicted molar refractivity (Wildman–Crippen MR) is 70.0 cm³/mol. The van der Waals surface area contributed by atoms with Crippen LogP contribution >= 0.6 is 0 Å². The summed E-state index contributed by atoms with van der Waals surface area (Å²) in [4.78, 5) is 15.3. The van der Waals surface area contributed by atoms with Crippen LogP contribution in [-0.2, 0) is 4.74 Å². The lowest BCUT2D eigenvalue weighted by atomic mass is 10.1. The van der Waals surface area contributed by atoms with E-state index in [1.165, 1.54) is 16.8 Å². The Kier molecular flexibility index (Phi) is 4.24. The number of aliphatic hydroxyl groups excluding tert-OH is 2. The maximum atomic E-state index is 11.7. The average molecular weight is 280 g/mol. The molecule has 0 spiro atoms. The molecule has 2 heterocycles. The van der Waals surface area contributed by atoms with Gasteiger partial charge in [-0.3, -0.25) is 4.57 Å². The van der Waals surface area contributed by atoms with Crippen molar-refractivity contribution in [3.05, 3.63) is 22.7 Å². The van der Waals surface area contributed by atoms with Gasteiger partial charge in [-0.25, -0.2) is 4.79 Å². The summed E-state index contributed by atoms with van der Waals surface area (Å²) in [5.41, 5.74) is 9.85. The molecule has 0 aromatic carbocycles. The molecule has 20 heavy (non-hydrogen) atoms. The number of hydrogen-bond donors (Lipinski definition) is 4. The van der Waals surface area contributed by atoms with E-state index in [1.54, 1.807) is 0 Å². The van der Waals surface area contributed by atoms with Crippen molar-refractivity contribution in [1.82, 2.24) is 9.55 Å². The van der Waals surface area contributed by atoms with Crippen molar-refractivity contribution in [3.63, 3.8) is 0 Å². The van der Waals surface area contributed by atoms with Crippen molar-refractivity contribution in [3.8, 4) is 12.0 Å². The van der Waals surface area contributed by atoms with Crippen molar-refractivity contribution in [2.75, 3.05) is 5.73 Å². The second-order valence-corrected chi connectivity index (χ2v) is 4.49. The molecule has 108 valence electrons. The number of aromatic nitrogens is 2. The zero-order valence-electron chi connectivity index (χ0n) is 10.6. The van der Waals surface area contributed by atoms with Crippen LogP contribution in [0.4, 0.5) is 5.82 Å². The van der Waals surface area contributed by atoms with Gasteiger partial charge in [0.05, 0.1) is 12.2 Å². The molecule has 6 N–H and O–H groups in total. The van der Waals surface area contributed by atoms with E-state index in [-0.39, 0.29) is 18.7 Å². The van der Waals surface area contributed by atoms with Crippen molar-refractivity contribution in [2.45, 2.75) is 37.4 Å². The first-order valence-electron chi connectivity index (χ1n) is 6.07. The molecule has 8 nitrogen and oxygen atoms in total. The smallest absolute Gasteiger partial charge is 0.351 e. The van der Waals surface area contributed by atoms with Gasteiger partial charge in [0, 0.05) is 25.1 Å². The standard InChI is InChI=1S/C12H16N4O4/c13-4-1-2-7(17)11-8(18)6-10(20-11)16-5-3-9(14)15-12(16)19/h3,5,7-8,10-11,17-18H,2,6,13H2,(H2,14,15,19)/t7?,8-,10+,11+/m0/s1. The minimum absolute atomic E-state index is 0.0832. The molecule has 0 saturated carbocycles. The lowest BCUT2D eigenvalue weighted by molar-refractivity contribution is -0.0812. The summed E-state index contributed by atoms with van der Waals surface area (Å²) < 4.78 is 6.74. The minimum Gasteiger partial charge on any atom is -0.390 e. The molecule has 1 unspecified atom stereocenters. The fourth-order valence-corrected chi connectivity index (χ4v) is 2.12. The fraction of sp³-hybridized carbons (Fsp3) is 0.500. The van der Waals surface area contributed by atoms with E-state index < -0.39 is 30.2 Å². The molecule has 0 bridgehead atoms. The maximum absolute atomic E-state index is 11.7. The Morgan fingerprint density at radius 3 is 3.05 bits per heavy atom. The van der Waals surface area contributed by atoms with E-state index in [4.69, 9.17) is 16.2 Å². The van der Waals surface area contributed by atoms with Crippen LogP contribution in [0, 0.1) is 12.0 Å². The molecule has 2 rings (SSSR count). The van der Waals surface area contributed by atoms with Crippen LogP contribution in [0.25, 0.3) is 0 Å². The molecule has 0 radical (unpaired) electrons. The van der Waals surface area contributed by atoms with Gasteiger partial charge in [0.2, 0.25) is 0 Å². The van der Waals surface area contributed by atoms with Gasteiger partial charge < -0.3 is 26.4 Å². The summed E-state index contributed by atoms with van der Waals surface area (Å²) in [6.07, 6.45) is -1.72. The SMILES string of the molecule is NC#CCC(O)[C@H]1O[C@@H](n2ccc(N)nc2=O)C[C@@H]1O. The van der Waals surface area contributed by atoms with Crippen LogP contribution in [0.1, 0.15) is 19.1 Å². The first-order valence-corrected chi connectivity index (χ1v) is 6.07. The monoisotopic (exact) mass is 280 g/mol. The van der Waals surface area contributed by atoms with Crippen LogP contribution in [0.15, 0.2) is 17.1 Å². The molecule has 8 heteroatoms. The molecule has 1 fully saturated rings. The van der Waals surface area contributed by atoms with E-state index in [1.807, 2.05) is 0 Å². The molecule has 1 saturated heterocycles. The average Bonchev–Trinajstić information content (AvgIpc) is 2.78. The van der Waals surface area contributed by atoms with Crippen molar-refractivity contribution in [2.24, 2.45) is 5.73 Å². The van der Waals surface area contributed by atoms with Crippen LogP contribution < -0.4 is 17.2 Å². The molecule has 1 aromatic rings. The van der Waals surface area contributed by atoms with Gasteiger partial charge in [0.1, 0.15) is 18.1 Å². The number of anilines is 1. The van der Waals surface area contributed by atoms with E-state index in [2.05, 4.69) is 16.9 Å². The van der Waals surface area contributed by atoms with E-state index in [9.17, 15) is 15.0 Å². The number of nitrogens with two attached hydrogens (primary N) is 2. The number of aliphatic hydroxyl groups is 2. The highest BCUT2D eigenvalue weighted by atomic mass is 16.5. The van der Waals surface area contributed by atoms with E-state index >= 15 is 0 Å². The predicted octanol–water partition coefficient (Wildman–Crippen LogP) is -1.86. The van der Waals surface area contributed by atoms with Gasteiger partial charge >= 0.3 is 5.69 Å². The quantitative estimate of drug-likeness (QED) is 0.376. The Labute approximate surface area is 115 Å². The Bertz CT molecular complexity index is 591. The highest BCUT2D eigenvalue weighted by Gasteiger charge is 2.39. The largest absolute Gasteiger partial charge is 0.390 e. The van der Waals surface area contributed by atoms with Gasteiger partial charge in [-0.15, -0.1) is 0 Å². The highest BCUT2D eigenvalue weighted by molar-refractivity contribution is 5.23. The molecular formula is C12H16N4O4. The number of nitrogen functional groups attached to an aromatic ring is 1. The lowest BCUT2D eigenvalue weighted by Crippen LogP contribution is -2.34. The third-order valence-corrected chi connectivity index (χ3v) is 3.09. The van der Waals surface area contributed by atoms with Crippen molar-refractivity contribution < 1.29 is 14.9 Å². The summed E-state index contributed by atoms with van der Waals surface area (Å²) in [5, 5.41) is 19.8. The van der Waals surface area contributed by atoms with Gasteiger partial charge in [0.25, 0.3) is 0 Å². The first-order chi connectivity index (χ1) is 9.52. The molecule has 1 aliphatic rings. The number of rotatable bonds is 3. The van der Waals surface area contributed by atoms with Crippen LogP contribution in [0.2, 0.25) is 0 Å². The van der Waals surface area contributed by atoms with Gasteiger partial charge in [-0.1, -0.05) is 5.92 Å². The van der Waals surface area contributed by atoms with Crippen molar-refractivity contribution in [1.29, 1.82) is 0 Å². The van der Waals surface area contributed by atoms with Crippen LogP contribution in [0.5, 0.6) is 0 Å². The van der Waals surface area contributed by atoms with Gasteiger partial charge in [-0.2, -0.15) is 4.98 Å². The second-order valence-electron chi connectivity index (χ2n) is 4.49. The lowest BCUT2D eigenvalue weighted by Gasteiger charge is -2.19. The Hall–Kier alpha value is -2.08. The van der Waals surface area contributed by atoms with Crippen molar-refractivity contribution >= 4 is 5.82 Å². The summed E-state index contributed by atoms with van der Waals surface area (Å²) in [7, 11) is 0. The molecule has 1 aliphatic heterocycles. The second kappa shape index (κ2) is 5.92. The van der Waals surface area contributed by atoms with Gasteiger partial charge in [-0.05, 0) is 6.07 Å². The topological polar surface area (TPSA) is 137 Å². The summed E-state index contributed by atoms with van der Waals surface area (Å²) in [6, 6.07) is 3.63. The normalized spacial score (nSPS) is 26.8. The maximum Gasteiger partial charge on any atom is 0.351 e. The highest BCUT2D eigenvalue weighted by Crippen LogP contribution is 2.30. The number of nitrogens with zero attached hydrogens (tertiary/aromatic N) is 2. The Morgan fingerprint density at radius 2 is 2.40 bits per heavy atom.